The molecular weight excluding hydrogens is 443 g/mol. The standard InChI is InChI=1S/C20H16Cl2N6O3/c1-10(2)25-19(30)12-6-11(9-23)7-15(29)17(12)26-20(31)14-8-16(22)27-28(14)18-13(21)4-3-5-24-18/h3-8,10,29H,1-2H3,(H,25,30)(H,26,31). The minimum atomic E-state index is -0.736. The highest BCUT2D eigenvalue weighted by atomic mass is 35.5. The van der Waals surface area contributed by atoms with E-state index in [1.807, 2.05) is 6.07 Å². The van der Waals surface area contributed by atoms with Gasteiger partial charge in [0.05, 0.1) is 27.9 Å². The number of aromatic nitrogens is 3. The molecule has 2 amide bonds. The first-order chi connectivity index (χ1) is 14.7. The lowest BCUT2D eigenvalue weighted by Crippen LogP contribution is -2.31. The van der Waals surface area contributed by atoms with Crippen LogP contribution in [0, 0.1) is 11.3 Å². The van der Waals surface area contributed by atoms with Crippen molar-refractivity contribution in [1.82, 2.24) is 20.1 Å². The fraction of sp³-hybridized carbons (Fsp3) is 0.150. The molecule has 0 spiro atoms. The molecule has 11 heteroatoms. The number of nitriles is 1. The van der Waals surface area contributed by atoms with E-state index < -0.39 is 17.6 Å². The molecule has 1 aromatic carbocycles. The molecule has 0 atom stereocenters. The number of amides is 2. The van der Waals surface area contributed by atoms with Crippen LogP contribution >= 0.6 is 23.2 Å². The van der Waals surface area contributed by atoms with Crippen molar-refractivity contribution in [2.75, 3.05) is 5.32 Å². The van der Waals surface area contributed by atoms with Crippen molar-refractivity contribution in [3.8, 4) is 17.6 Å². The first-order valence-electron chi connectivity index (χ1n) is 8.97. The molecule has 158 valence electrons. The van der Waals surface area contributed by atoms with Crippen LogP contribution in [-0.4, -0.2) is 37.7 Å². The predicted octanol–water partition coefficient (Wildman–Crippen LogP) is 3.54. The van der Waals surface area contributed by atoms with Gasteiger partial charge in [-0.25, -0.2) is 9.67 Å². The molecule has 31 heavy (non-hydrogen) atoms. The molecule has 0 fully saturated rings. The van der Waals surface area contributed by atoms with Gasteiger partial charge < -0.3 is 15.7 Å². The van der Waals surface area contributed by atoms with Gasteiger partial charge in [0.25, 0.3) is 11.8 Å². The number of rotatable bonds is 5. The lowest BCUT2D eigenvalue weighted by atomic mass is 10.1. The number of benzene rings is 1. The summed E-state index contributed by atoms with van der Waals surface area (Å²) in [6.07, 6.45) is 1.47. The van der Waals surface area contributed by atoms with Gasteiger partial charge in [0.15, 0.2) is 11.0 Å². The van der Waals surface area contributed by atoms with Crippen LogP contribution in [0.25, 0.3) is 5.82 Å². The fourth-order valence-electron chi connectivity index (χ4n) is 2.73. The van der Waals surface area contributed by atoms with Gasteiger partial charge >= 0.3 is 0 Å². The number of phenols is 1. The highest BCUT2D eigenvalue weighted by Crippen LogP contribution is 2.31. The van der Waals surface area contributed by atoms with E-state index in [0.29, 0.717) is 0 Å². The summed E-state index contributed by atoms with van der Waals surface area (Å²) in [6.45, 7) is 3.50. The number of carbonyl (C=O) groups excluding carboxylic acids is 2. The monoisotopic (exact) mass is 458 g/mol. The minimum Gasteiger partial charge on any atom is -0.506 e. The van der Waals surface area contributed by atoms with Gasteiger partial charge in [0.1, 0.15) is 11.4 Å². The largest absolute Gasteiger partial charge is 0.506 e. The molecule has 2 heterocycles. The molecule has 3 N–H and O–H groups in total. The fourth-order valence-corrected chi connectivity index (χ4v) is 3.11. The number of nitrogens with one attached hydrogen (secondary N) is 2. The van der Waals surface area contributed by atoms with Crippen LogP contribution in [0.15, 0.2) is 36.5 Å². The highest BCUT2D eigenvalue weighted by molar-refractivity contribution is 6.32. The van der Waals surface area contributed by atoms with Crippen molar-refractivity contribution in [3.05, 3.63) is 63.5 Å². The Morgan fingerprint density at radius 3 is 2.61 bits per heavy atom. The second-order valence-electron chi connectivity index (χ2n) is 6.68. The molecule has 0 aliphatic carbocycles. The molecule has 0 saturated heterocycles. The molecule has 3 rings (SSSR count). The maximum absolute atomic E-state index is 13.0. The van der Waals surface area contributed by atoms with E-state index in [0.717, 1.165) is 10.7 Å². The van der Waals surface area contributed by atoms with Gasteiger partial charge in [-0.3, -0.25) is 9.59 Å². The maximum atomic E-state index is 13.0. The van der Waals surface area contributed by atoms with Gasteiger partial charge in [-0.15, -0.1) is 0 Å². The van der Waals surface area contributed by atoms with Gasteiger partial charge in [-0.2, -0.15) is 10.4 Å². The summed E-state index contributed by atoms with van der Waals surface area (Å²) < 4.78 is 1.15. The average Bonchev–Trinajstić information content (AvgIpc) is 3.10. The van der Waals surface area contributed by atoms with E-state index in [4.69, 9.17) is 28.5 Å². The van der Waals surface area contributed by atoms with Gasteiger partial charge in [0, 0.05) is 18.3 Å². The molecule has 9 nitrogen and oxygen atoms in total. The first kappa shape index (κ1) is 22.1. The van der Waals surface area contributed by atoms with Crippen molar-refractivity contribution >= 4 is 40.7 Å². The van der Waals surface area contributed by atoms with E-state index in [2.05, 4.69) is 20.7 Å². The lowest BCUT2D eigenvalue weighted by molar-refractivity contribution is 0.0943. The van der Waals surface area contributed by atoms with Crippen LogP contribution in [0.1, 0.15) is 40.3 Å². The maximum Gasteiger partial charge on any atom is 0.274 e. The third-order valence-corrected chi connectivity index (χ3v) is 4.48. The van der Waals surface area contributed by atoms with E-state index in [1.165, 1.54) is 18.3 Å². The average molecular weight is 459 g/mol. The third-order valence-electron chi connectivity index (χ3n) is 4.00. The summed E-state index contributed by atoms with van der Waals surface area (Å²) >= 11 is 12.1. The van der Waals surface area contributed by atoms with Crippen molar-refractivity contribution in [1.29, 1.82) is 5.26 Å². The van der Waals surface area contributed by atoms with Crippen LogP contribution in [0.5, 0.6) is 5.75 Å². The summed E-state index contributed by atoms with van der Waals surface area (Å²) in [5, 5.41) is 29.0. The zero-order valence-electron chi connectivity index (χ0n) is 16.3. The summed E-state index contributed by atoms with van der Waals surface area (Å²) in [5.74, 6) is -1.59. The molecular formula is C20H16Cl2N6O3. The number of pyridine rings is 1. The number of aromatic hydroxyl groups is 1. The van der Waals surface area contributed by atoms with E-state index in [1.54, 1.807) is 26.0 Å². The second kappa shape index (κ2) is 9.04. The molecule has 3 aromatic rings. The van der Waals surface area contributed by atoms with Crippen molar-refractivity contribution < 1.29 is 14.7 Å². The minimum absolute atomic E-state index is 0.00805. The summed E-state index contributed by atoms with van der Waals surface area (Å²) in [7, 11) is 0. The molecule has 0 bridgehead atoms. The van der Waals surface area contributed by atoms with Crippen LogP contribution in [-0.2, 0) is 0 Å². The van der Waals surface area contributed by atoms with Gasteiger partial charge in [-0.05, 0) is 38.1 Å². The molecule has 2 aromatic heterocycles. The number of phenolic OH excluding ortho intramolecular Hbond substituents is 1. The zero-order valence-corrected chi connectivity index (χ0v) is 17.9. The molecule has 0 aliphatic heterocycles. The number of hydrogen-bond donors (Lipinski definition) is 3. The van der Waals surface area contributed by atoms with E-state index in [9.17, 15) is 14.7 Å². The second-order valence-corrected chi connectivity index (χ2v) is 7.48. The highest BCUT2D eigenvalue weighted by Gasteiger charge is 2.23. The van der Waals surface area contributed by atoms with Gasteiger partial charge in [-0.1, -0.05) is 23.2 Å². The van der Waals surface area contributed by atoms with Crippen molar-refractivity contribution in [2.24, 2.45) is 0 Å². The first-order valence-corrected chi connectivity index (χ1v) is 9.72. The number of hydrogen-bond acceptors (Lipinski definition) is 6. The third kappa shape index (κ3) is 4.77. The summed E-state index contributed by atoms with van der Waals surface area (Å²) in [5.41, 5.74) is -0.230. The Morgan fingerprint density at radius 2 is 1.97 bits per heavy atom. The Hall–Kier alpha value is -3.61. The Labute approximate surface area is 187 Å². The lowest BCUT2D eigenvalue weighted by Gasteiger charge is -2.15. The molecule has 0 saturated carbocycles. The van der Waals surface area contributed by atoms with Crippen LogP contribution in [0.3, 0.4) is 0 Å². The number of nitrogens with zero attached hydrogens (tertiary/aromatic N) is 4. The van der Waals surface area contributed by atoms with Crippen LogP contribution in [0.4, 0.5) is 5.69 Å². The van der Waals surface area contributed by atoms with Gasteiger partial charge in [0.2, 0.25) is 0 Å². The van der Waals surface area contributed by atoms with Crippen molar-refractivity contribution in [3.63, 3.8) is 0 Å². The summed E-state index contributed by atoms with van der Waals surface area (Å²) in [6, 6.07) is 8.54. The Morgan fingerprint density at radius 1 is 1.23 bits per heavy atom. The molecule has 0 radical (unpaired) electrons. The van der Waals surface area contributed by atoms with Crippen LogP contribution in [0.2, 0.25) is 10.2 Å². The van der Waals surface area contributed by atoms with Crippen LogP contribution < -0.4 is 10.6 Å². The Kier molecular flexibility index (Phi) is 6.44. The quantitative estimate of drug-likeness (QED) is 0.500. The SMILES string of the molecule is CC(C)NC(=O)c1cc(C#N)cc(O)c1NC(=O)c1cc(Cl)nn1-c1ncccc1Cl. The molecule has 0 unspecified atom stereocenters. The topological polar surface area (TPSA) is 133 Å². The van der Waals surface area contributed by atoms with E-state index in [-0.39, 0.29) is 44.5 Å². The number of anilines is 1. The van der Waals surface area contributed by atoms with E-state index >= 15 is 0 Å². The zero-order chi connectivity index (χ0) is 22.7. The Balaban J connectivity index is 2.05. The number of carbonyl (C=O) groups is 2. The Bertz CT molecular complexity index is 1220. The smallest absolute Gasteiger partial charge is 0.274 e. The molecule has 0 aliphatic rings. The predicted molar refractivity (Wildman–Crippen MR) is 115 cm³/mol. The number of halogens is 2. The summed E-state index contributed by atoms with van der Waals surface area (Å²) in [4.78, 5) is 29.7. The van der Waals surface area contributed by atoms with Crippen molar-refractivity contribution in [2.45, 2.75) is 19.9 Å². The normalized spacial score (nSPS) is 10.6.